The fraction of sp³-hybridized carbons (Fsp3) is 0.409. The molecule has 3 atom stereocenters. The lowest BCUT2D eigenvalue weighted by Gasteiger charge is -2.31. The van der Waals surface area contributed by atoms with Crippen molar-refractivity contribution in [1.82, 2.24) is 25.5 Å². The van der Waals surface area contributed by atoms with Gasteiger partial charge in [0.1, 0.15) is 18.2 Å². The van der Waals surface area contributed by atoms with Crippen LogP contribution >= 0.6 is 12.6 Å². The Kier molecular flexibility index (Phi) is 12.3. The van der Waals surface area contributed by atoms with Crippen molar-refractivity contribution >= 4 is 58.8 Å². The van der Waals surface area contributed by atoms with E-state index in [0.717, 1.165) is 11.1 Å². The molecular weight excluding hydrogens is 794 g/mol. The Hall–Kier alpha value is -5.74. The first-order chi connectivity index (χ1) is 28.7. The van der Waals surface area contributed by atoms with Gasteiger partial charge in [0.05, 0.1) is 48.1 Å². The predicted molar refractivity (Wildman–Crippen MR) is 220 cm³/mol. The number of esters is 1. The molecule has 2 aliphatic heterocycles. The van der Waals surface area contributed by atoms with Crippen LogP contribution in [-0.4, -0.2) is 68.8 Å². The Labute approximate surface area is 350 Å². The van der Waals surface area contributed by atoms with Crippen molar-refractivity contribution < 1.29 is 43.0 Å². The van der Waals surface area contributed by atoms with Crippen molar-refractivity contribution in [3.8, 4) is 11.4 Å². The number of aliphatic hydroxyl groups is 1. The van der Waals surface area contributed by atoms with E-state index >= 15 is 4.39 Å². The molecule has 0 radical (unpaired) electrons. The van der Waals surface area contributed by atoms with Gasteiger partial charge < -0.3 is 30.4 Å². The second-order valence-corrected chi connectivity index (χ2v) is 16.1. The van der Waals surface area contributed by atoms with E-state index in [1.165, 1.54) is 10.6 Å². The summed E-state index contributed by atoms with van der Waals surface area (Å²) in [6.07, 6.45) is 0.974. The number of aromatic nitrogens is 2. The zero-order valence-corrected chi connectivity index (χ0v) is 34.2. The minimum Gasteiger partial charge on any atom is -0.458 e. The molecule has 314 valence electrons. The van der Waals surface area contributed by atoms with Crippen molar-refractivity contribution in [2.45, 2.75) is 90.0 Å². The summed E-state index contributed by atoms with van der Waals surface area (Å²) in [7, 11) is 0. The summed E-state index contributed by atoms with van der Waals surface area (Å²) >= 11 is 4.02. The number of amides is 3. The lowest BCUT2D eigenvalue weighted by Crippen LogP contribution is -2.44. The molecule has 14 nitrogen and oxygen atoms in total. The number of benzene rings is 2. The zero-order chi connectivity index (χ0) is 42.9. The Balaban J connectivity index is 1.11. The SMILES string of the molecule is CC[C@@]1(O)C(=O)OCc2c1cc1n(c2=O)Cc2c-1nc1cc(F)c(C)c3c1c2[C@@H](NC(=O)CNC(=O)[C@@H](CC(=O)CNC(=O)CCC(=O)CCS)Cc1ccccc1)CC3. The molecule has 0 fully saturated rings. The van der Waals surface area contributed by atoms with Gasteiger partial charge in [0, 0.05) is 54.2 Å². The fourth-order valence-corrected chi connectivity index (χ4v) is 8.80. The van der Waals surface area contributed by atoms with Crippen molar-refractivity contribution in [2.24, 2.45) is 5.92 Å². The second kappa shape index (κ2) is 17.5. The van der Waals surface area contributed by atoms with Gasteiger partial charge in [0.25, 0.3) is 5.56 Å². The molecule has 2 aromatic carbocycles. The number of hydrogen-bond donors (Lipinski definition) is 5. The Bertz CT molecular complexity index is 2510. The maximum absolute atomic E-state index is 15.4. The summed E-state index contributed by atoms with van der Waals surface area (Å²) in [5, 5.41) is 20.3. The third-order valence-electron chi connectivity index (χ3n) is 11.8. The van der Waals surface area contributed by atoms with Crippen molar-refractivity contribution in [1.29, 1.82) is 0 Å². The number of pyridine rings is 2. The molecule has 0 saturated heterocycles. The first-order valence-electron chi connectivity index (χ1n) is 20.1. The Morgan fingerprint density at radius 3 is 2.50 bits per heavy atom. The van der Waals surface area contributed by atoms with Crippen LogP contribution in [0, 0.1) is 18.7 Å². The minimum absolute atomic E-state index is 0.0352. The van der Waals surface area contributed by atoms with E-state index in [4.69, 9.17) is 9.72 Å². The molecule has 16 heteroatoms. The number of fused-ring (bicyclic) bond motifs is 5. The summed E-state index contributed by atoms with van der Waals surface area (Å²) in [6.45, 7) is 2.32. The normalized spacial score (nSPS) is 17.8. The molecule has 7 rings (SSSR count). The van der Waals surface area contributed by atoms with Gasteiger partial charge in [-0.15, -0.1) is 0 Å². The highest BCUT2D eigenvalue weighted by atomic mass is 32.1. The highest BCUT2D eigenvalue weighted by Gasteiger charge is 2.46. The number of cyclic esters (lactones) is 1. The number of thiol groups is 1. The number of carbonyl (C=O) groups is 6. The van der Waals surface area contributed by atoms with Crippen LogP contribution in [0.1, 0.15) is 90.4 Å². The number of rotatable bonds is 16. The van der Waals surface area contributed by atoms with E-state index in [2.05, 4.69) is 28.6 Å². The minimum atomic E-state index is -2.04. The first-order valence-corrected chi connectivity index (χ1v) is 20.7. The number of carbonyl (C=O) groups excluding carboxylic acids is 6. The number of halogens is 1. The van der Waals surface area contributed by atoms with E-state index in [-0.39, 0.29) is 75.1 Å². The molecule has 4 N–H and O–H groups in total. The van der Waals surface area contributed by atoms with Gasteiger partial charge >= 0.3 is 5.97 Å². The van der Waals surface area contributed by atoms with E-state index in [0.29, 0.717) is 57.6 Å². The molecule has 4 aromatic rings. The highest BCUT2D eigenvalue weighted by Crippen LogP contribution is 2.46. The molecule has 3 amide bonds. The summed E-state index contributed by atoms with van der Waals surface area (Å²) in [5.41, 5.74) is 2.12. The van der Waals surface area contributed by atoms with Gasteiger partial charge in [-0.2, -0.15) is 12.6 Å². The molecule has 4 heterocycles. The van der Waals surface area contributed by atoms with Crippen LogP contribution < -0.4 is 21.5 Å². The van der Waals surface area contributed by atoms with E-state index in [1.807, 2.05) is 30.3 Å². The first kappa shape index (κ1) is 42.4. The lowest BCUT2D eigenvalue weighted by atomic mass is 9.81. The average molecular weight is 840 g/mol. The van der Waals surface area contributed by atoms with Gasteiger partial charge in [-0.05, 0) is 66.7 Å². The lowest BCUT2D eigenvalue weighted by molar-refractivity contribution is -0.172. The molecule has 1 aliphatic carbocycles. The number of hydrogen-bond acceptors (Lipinski definition) is 11. The van der Waals surface area contributed by atoms with Crippen LogP contribution in [0.3, 0.4) is 0 Å². The number of nitrogens with zero attached hydrogens (tertiary/aromatic N) is 2. The third-order valence-corrected chi connectivity index (χ3v) is 12.0. The largest absolute Gasteiger partial charge is 0.458 e. The molecule has 0 bridgehead atoms. The molecule has 0 unspecified atom stereocenters. The van der Waals surface area contributed by atoms with Crippen molar-refractivity contribution in [3.05, 3.63) is 97.6 Å². The van der Waals surface area contributed by atoms with Crippen LogP contribution in [-0.2, 0) is 65.1 Å². The smallest absolute Gasteiger partial charge is 0.343 e. The summed E-state index contributed by atoms with van der Waals surface area (Å²) in [4.78, 5) is 96.0. The number of Topliss-reactive ketones (excluding diaryl/α,β-unsaturated/α-hetero) is 2. The van der Waals surface area contributed by atoms with Crippen LogP contribution in [0.4, 0.5) is 4.39 Å². The van der Waals surface area contributed by atoms with Gasteiger partial charge in [0.2, 0.25) is 17.7 Å². The van der Waals surface area contributed by atoms with Crippen molar-refractivity contribution in [2.75, 3.05) is 18.8 Å². The number of ketones is 2. The van der Waals surface area contributed by atoms with Gasteiger partial charge in [0.15, 0.2) is 11.4 Å². The second-order valence-electron chi connectivity index (χ2n) is 15.6. The third kappa shape index (κ3) is 8.22. The Morgan fingerprint density at radius 1 is 1.00 bits per heavy atom. The zero-order valence-electron chi connectivity index (χ0n) is 33.3. The van der Waals surface area contributed by atoms with Crippen LogP contribution in [0.25, 0.3) is 22.3 Å². The molecule has 2 aromatic heterocycles. The number of nitrogens with one attached hydrogen (secondary N) is 3. The van der Waals surface area contributed by atoms with Gasteiger partial charge in [-0.1, -0.05) is 37.3 Å². The van der Waals surface area contributed by atoms with Crippen LogP contribution in [0.2, 0.25) is 0 Å². The molecule has 3 aliphatic rings. The standard InChI is InChI=1S/C44H46FN5O9S/c1-3-44(58)31-17-35-40-29(21-50(35)42(56)30(31)22-59-43(44)57)39-33(11-10-28-23(2)32(45)18-34(49-40)38(28)39)48-37(54)20-47-41(55)25(15-24-7-5-4-6-8-24)16-27(52)19-46-36(53)12-9-26(51)13-14-60/h4-8,17-18,25,33,58,60H,3,9-16,19-22H2,1-2H3,(H,46,53)(H,47,55)(H,48,54)/t25-,33+,44+/m1/s1. The topological polar surface area (TPSA) is 203 Å². The summed E-state index contributed by atoms with van der Waals surface area (Å²) in [5.74, 6) is -3.80. The van der Waals surface area contributed by atoms with Crippen molar-refractivity contribution in [3.63, 3.8) is 0 Å². The van der Waals surface area contributed by atoms with Crippen LogP contribution in [0.5, 0.6) is 0 Å². The maximum Gasteiger partial charge on any atom is 0.343 e. The summed E-state index contributed by atoms with van der Waals surface area (Å²) in [6, 6.07) is 11.4. The van der Waals surface area contributed by atoms with E-state index < -0.39 is 65.0 Å². The average Bonchev–Trinajstić information content (AvgIpc) is 3.61. The molecule has 60 heavy (non-hydrogen) atoms. The fourth-order valence-electron chi connectivity index (χ4n) is 8.55. The number of ether oxygens (including phenoxy) is 1. The van der Waals surface area contributed by atoms with Gasteiger partial charge in [-0.25, -0.2) is 14.2 Å². The van der Waals surface area contributed by atoms with E-state index in [9.17, 15) is 38.7 Å². The Morgan fingerprint density at radius 2 is 1.77 bits per heavy atom. The van der Waals surface area contributed by atoms with Crippen LogP contribution in [0.15, 0.2) is 47.3 Å². The van der Waals surface area contributed by atoms with E-state index in [1.54, 1.807) is 19.9 Å². The summed E-state index contributed by atoms with van der Waals surface area (Å²) < 4.78 is 22.1. The monoisotopic (exact) mass is 839 g/mol. The predicted octanol–water partition coefficient (Wildman–Crippen LogP) is 3.35. The molecular formula is C44H46FN5O9S. The maximum atomic E-state index is 15.4. The number of aryl methyl sites for hydroxylation is 1. The van der Waals surface area contributed by atoms with Gasteiger partial charge in [-0.3, -0.25) is 28.8 Å². The highest BCUT2D eigenvalue weighted by molar-refractivity contribution is 7.80. The molecule has 0 saturated carbocycles. The quantitative estimate of drug-likeness (QED) is 0.0725. The molecule has 0 spiro atoms.